The minimum absolute atomic E-state index is 0.329. The van der Waals surface area contributed by atoms with Crippen LogP contribution in [-0.2, 0) is 9.47 Å². The molecule has 1 N–H and O–H groups in total. The number of phenolic OH excluding ortho intramolecular Hbond substituents is 1. The van der Waals surface area contributed by atoms with Crippen LogP contribution in [0, 0.1) is 26.2 Å². The van der Waals surface area contributed by atoms with Crippen LogP contribution in [0.15, 0.2) is 48.5 Å². The zero-order valence-corrected chi connectivity index (χ0v) is 20.9. The molecule has 0 spiro atoms. The Labute approximate surface area is 191 Å². The summed E-state index contributed by atoms with van der Waals surface area (Å²) in [6.45, 7) is 18.5. The third kappa shape index (κ3) is 23.7. The molecule has 0 amide bonds. The minimum Gasteiger partial charge on any atom is -0.508 e. The van der Waals surface area contributed by atoms with Crippen LogP contribution >= 0.6 is 0 Å². The van der Waals surface area contributed by atoms with E-state index in [2.05, 4.69) is 5.92 Å². The van der Waals surface area contributed by atoms with Gasteiger partial charge in [0, 0.05) is 0 Å². The Morgan fingerprint density at radius 2 is 1.10 bits per heavy atom. The van der Waals surface area contributed by atoms with Gasteiger partial charge in [-0.15, -0.1) is 6.42 Å². The predicted octanol–water partition coefficient (Wildman–Crippen LogP) is 6.82. The van der Waals surface area contributed by atoms with Crippen LogP contribution in [0.4, 0.5) is 0 Å². The minimum atomic E-state index is 0.329. The summed E-state index contributed by atoms with van der Waals surface area (Å²) in [5.74, 6) is 3.59. The molecule has 0 heterocycles. The number of ether oxygens (including phenoxy) is 3. The molecule has 0 radical (unpaired) electrons. The van der Waals surface area contributed by atoms with E-state index in [1.165, 1.54) is 11.1 Å². The molecule has 2 rings (SSSR count). The molecule has 0 fully saturated rings. The summed E-state index contributed by atoms with van der Waals surface area (Å²) in [5.41, 5.74) is 2.39. The lowest BCUT2D eigenvalue weighted by molar-refractivity contribution is 0.0462. The average Bonchev–Trinajstić information content (AvgIpc) is 2.83. The molecule has 0 aliphatic carbocycles. The molecule has 0 atom stereocenters. The van der Waals surface area contributed by atoms with Crippen LogP contribution in [-0.4, -0.2) is 38.1 Å². The van der Waals surface area contributed by atoms with Gasteiger partial charge in [0.2, 0.25) is 0 Å². The fourth-order valence-corrected chi connectivity index (χ4v) is 1.75. The maximum absolute atomic E-state index is 8.76. The number of phenols is 1. The van der Waals surface area contributed by atoms with Crippen molar-refractivity contribution >= 4 is 0 Å². The van der Waals surface area contributed by atoms with Gasteiger partial charge in [0.25, 0.3) is 0 Å². The van der Waals surface area contributed by atoms with E-state index in [1.807, 2.05) is 91.8 Å². The zero-order chi connectivity index (χ0) is 24.3. The second kappa shape index (κ2) is 27.5. The monoisotopic (exact) mass is 432 g/mol. The maximum Gasteiger partial charge on any atom is 0.119 e. The van der Waals surface area contributed by atoms with Gasteiger partial charge in [-0.05, 0) is 38.1 Å². The molecule has 4 heteroatoms. The van der Waals surface area contributed by atoms with E-state index in [9.17, 15) is 0 Å². The molecular weight excluding hydrogens is 388 g/mol. The van der Waals surface area contributed by atoms with Crippen molar-refractivity contribution in [2.45, 2.75) is 55.4 Å². The Morgan fingerprint density at radius 3 is 1.55 bits per heavy atom. The van der Waals surface area contributed by atoms with Gasteiger partial charge in [-0.2, -0.15) is 0 Å². The molecular formula is C27H44O4. The van der Waals surface area contributed by atoms with E-state index >= 15 is 0 Å². The van der Waals surface area contributed by atoms with Gasteiger partial charge in [0.1, 0.15) is 24.7 Å². The molecule has 0 saturated carbocycles. The first-order valence-electron chi connectivity index (χ1n) is 11.2. The molecule has 31 heavy (non-hydrogen) atoms. The van der Waals surface area contributed by atoms with Crippen molar-refractivity contribution in [3.63, 3.8) is 0 Å². The van der Waals surface area contributed by atoms with E-state index in [4.69, 9.17) is 25.7 Å². The lowest BCUT2D eigenvalue weighted by Crippen LogP contribution is -2.10. The summed E-state index contributed by atoms with van der Waals surface area (Å²) in [6.07, 6.45) is 5.03. The van der Waals surface area contributed by atoms with Crippen molar-refractivity contribution in [1.29, 1.82) is 0 Å². The van der Waals surface area contributed by atoms with Crippen molar-refractivity contribution in [1.82, 2.24) is 0 Å². The molecule has 0 aliphatic rings. The summed E-state index contributed by atoms with van der Waals surface area (Å²) < 4.78 is 15.9. The van der Waals surface area contributed by atoms with Gasteiger partial charge in [-0.3, -0.25) is 0 Å². The fraction of sp³-hybridized carbons (Fsp3) is 0.481. The highest BCUT2D eigenvalue weighted by Crippen LogP contribution is 2.10. The molecule has 0 unspecified atom stereocenters. The lowest BCUT2D eigenvalue weighted by atomic mass is 10.2. The number of hydrogen-bond acceptors (Lipinski definition) is 4. The highest BCUT2D eigenvalue weighted by atomic mass is 16.5. The van der Waals surface area contributed by atoms with Crippen LogP contribution in [0.1, 0.15) is 52.7 Å². The molecule has 0 saturated heterocycles. The van der Waals surface area contributed by atoms with Crippen molar-refractivity contribution in [2.24, 2.45) is 0 Å². The number of hydrogen-bond donors (Lipinski definition) is 1. The summed E-state index contributed by atoms with van der Waals surface area (Å²) in [4.78, 5) is 0. The van der Waals surface area contributed by atoms with Gasteiger partial charge in [-0.25, -0.2) is 0 Å². The topological polar surface area (TPSA) is 47.9 Å². The highest BCUT2D eigenvalue weighted by Gasteiger charge is 1.93. The molecule has 2 aromatic rings. The van der Waals surface area contributed by atoms with E-state index in [0.29, 0.717) is 38.8 Å². The molecule has 0 aliphatic heterocycles. The van der Waals surface area contributed by atoms with E-state index in [0.717, 1.165) is 5.75 Å². The normalized spacial score (nSPS) is 8.35. The fourth-order valence-electron chi connectivity index (χ4n) is 1.75. The van der Waals surface area contributed by atoms with Crippen LogP contribution in [0.25, 0.3) is 0 Å². The Hall–Kier alpha value is -2.48. The lowest BCUT2D eigenvalue weighted by Gasteiger charge is -2.07. The van der Waals surface area contributed by atoms with Gasteiger partial charge in [0.05, 0.1) is 19.8 Å². The Bertz CT molecular complexity index is 592. The smallest absolute Gasteiger partial charge is 0.119 e. The van der Waals surface area contributed by atoms with Gasteiger partial charge in [-0.1, -0.05) is 82.9 Å². The summed E-state index contributed by atoms with van der Waals surface area (Å²) in [6, 6.07) is 15.0. The number of aryl methyl sites for hydroxylation is 2. The number of aromatic hydroxyl groups is 1. The van der Waals surface area contributed by atoms with Gasteiger partial charge < -0.3 is 19.3 Å². The molecule has 4 nitrogen and oxygen atoms in total. The Kier molecular flexibility index (Phi) is 29.4. The van der Waals surface area contributed by atoms with E-state index in [-0.39, 0.29) is 0 Å². The number of rotatable bonds is 8. The van der Waals surface area contributed by atoms with Crippen molar-refractivity contribution in [3.8, 4) is 23.8 Å². The Balaban J connectivity index is -0.000000466. The van der Waals surface area contributed by atoms with Crippen LogP contribution in [0.3, 0.4) is 0 Å². The second-order valence-electron chi connectivity index (χ2n) is 5.37. The van der Waals surface area contributed by atoms with E-state index < -0.39 is 0 Å². The zero-order valence-electron chi connectivity index (χ0n) is 20.9. The van der Waals surface area contributed by atoms with Gasteiger partial charge >= 0.3 is 0 Å². The van der Waals surface area contributed by atoms with Crippen LogP contribution in [0.2, 0.25) is 0 Å². The quantitative estimate of drug-likeness (QED) is 0.367. The largest absolute Gasteiger partial charge is 0.508 e. The predicted molar refractivity (Wildman–Crippen MR) is 134 cm³/mol. The van der Waals surface area contributed by atoms with Crippen molar-refractivity contribution in [3.05, 3.63) is 59.7 Å². The molecule has 0 bridgehead atoms. The third-order valence-corrected chi connectivity index (χ3v) is 3.11. The Morgan fingerprint density at radius 1 is 0.677 bits per heavy atom. The average molecular weight is 433 g/mol. The molecule has 0 aromatic heterocycles. The highest BCUT2D eigenvalue weighted by molar-refractivity contribution is 5.26. The number of benzene rings is 2. The number of terminal acetylenes is 1. The SMILES string of the molecule is C#CCOCCOCCOc1ccc(C)cc1.CC.CC.CC.Cc1ccc(O)cc1. The maximum atomic E-state index is 8.76. The van der Waals surface area contributed by atoms with Crippen molar-refractivity contribution in [2.75, 3.05) is 33.0 Å². The van der Waals surface area contributed by atoms with Gasteiger partial charge in [0.15, 0.2) is 0 Å². The molecule has 2 aromatic carbocycles. The van der Waals surface area contributed by atoms with Crippen LogP contribution < -0.4 is 4.74 Å². The first-order chi connectivity index (χ1) is 15.1. The third-order valence-electron chi connectivity index (χ3n) is 3.11. The van der Waals surface area contributed by atoms with Crippen molar-refractivity contribution < 1.29 is 19.3 Å². The first-order valence-corrected chi connectivity index (χ1v) is 11.2. The van der Waals surface area contributed by atoms with Crippen LogP contribution in [0.5, 0.6) is 11.5 Å². The second-order valence-corrected chi connectivity index (χ2v) is 5.37. The summed E-state index contributed by atoms with van der Waals surface area (Å²) in [5, 5.41) is 8.76. The summed E-state index contributed by atoms with van der Waals surface area (Å²) >= 11 is 0. The molecule has 176 valence electrons. The first kappa shape index (κ1) is 33.2. The van der Waals surface area contributed by atoms with E-state index in [1.54, 1.807) is 12.1 Å². The standard InChI is InChI=1S/C14H18O3.C7H8O.3C2H6/c1-3-8-15-9-10-16-11-12-17-14-6-4-13(2)5-7-14;1-6-2-4-7(8)5-3-6;3*1-2/h1,4-7H,8-12H2,2H3;2-5,8H,1H3;3*1-2H3. The summed E-state index contributed by atoms with van der Waals surface area (Å²) in [7, 11) is 0.